The molecule has 0 amide bonds. The van der Waals surface area contributed by atoms with E-state index in [1.54, 1.807) is 12.1 Å². The minimum absolute atomic E-state index is 0.688. The topological polar surface area (TPSA) is 35.2 Å². The van der Waals surface area contributed by atoms with E-state index in [0.29, 0.717) is 5.75 Å². The molecule has 15 heavy (non-hydrogen) atoms. The first-order valence-electron chi connectivity index (χ1n) is 5.66. The lowest BCUT2D eigenvalue weighted by Crippen LogP contribution is -2.00. The second kappa shape index (κ2) is 8.30. The van der Waals surface area contributed by atoms with Crippen LogP contribution >= 0.6 is 0 Å². The van der Waals surface area contributed by atoms with E-state index in [4.69, 9.17) is 5.90 Å². The van der Waals surface area contributed by atoms with Crippen LogP contribution in [0.1, 0.15) is 34.1 Å². The molecule has 1 aliphatic rings. The quantitative estimate of drug-likeness (QED) is 0.717. The Morgan fingerprint density at radius 3 is 1.67 bits per heavy atom. The van der Waals surface area contributed by atoms with Crippen LogP contribution in [-0.4, -0.2) is 0 Å². The molecule has 1 saturated carbocycles. The fraction of sp³-hybridized carbons (Fsp3) is 0.538. The monoisotopic (exact) mass is 209 g/mol. The van der Waals surface area contributed by atoms with E-state index in [-0.39, 0.29) is 0 Å². The Morgan fingerprint density at radius 2 is 1.47 bits per heavy atom. The Morgan fingerprint density at radius 1 is 1.07 bits per heavy atom. The lowest BCUT2D eigenvalue weighted by atomic mass is 10.3. The van der Waals surface area contributed by atoms with E-state index < -0.39 is 0 Å². The van der Waals surface area contributed by atoms with Gasteiger partial charge in [-0.3, -0.25) is 0 Å². The molecule has 0 bridgehead atoms. The molecule has 2 rings (SSSR count). The van der Waals surface area contributed by atoms with Gasteiger partial charge in [-0.1, -0.05) is 45.9 Å². The van der Waals surface area contributed by atoms with E-state index >= 15 is 0 Å². The Hall–Kier alpha value is -1.02. The fourth-order valence-electron chi connectivity index (χ4n) is 1.01. The normalized spacial score (nSPS) is 21.4. The van der Waals surface area contributed by atoms with Crippen LogP contribution in [0, 0.1) is 11.8 Å². The van der Waals surface area contributed by atoms with E-state index in [1.807, 2.05) is 32.0 Å². The molecule has 2 N–H and O–H groups in total. The summed E-state index contributed by atoms with van der Waals surface area (Å²) in [6, 6.07) is 9.22. The van der Waals surface area contributed by atoms with Crippen LogP contribution < -0.4 is 10.7 Å². The zero-order valence-corrected chi connectivity index (χ0v) is 10.2. The number of hydrogen-bond donors (Lipinski definition) is 1. The summed E-state index contributed by atoms with van der Waals surface area (Å²) in [4.78, 5) is 4.41. The molecule has 0 aliphatic heterocycles. The number of para-hydroxylation sites is 1. The Labute approximate surface area is 93.4 Å². The van der Waals surface area contributed by atoms with Crippen LogP contribution in [0.4, 0.5) is 0 Å². The molecular formula is C13H23NO. The van der Waals surface area contributed by atoms with Crippen molar-refractivity contribution in [1.82, 2.24) is 0 Å². The fourth-order valence-corrected chi connectivity index (χ4v) is 1.01. The molecule has 1 aromatic rings. The minimum atomic E-state index is 0.688. The molecule has 0 aromatic heterocycles. The third-order valence-corrected chi connectivity index (χ3v) is 2.39. The maximum absolute atomic E-state index is 4.85. The number of nitrogens with two attached hydrogens (primary N) is 1. The lowest BCUT2D eigenvalue weighted by Gasteiger charge is -1.92. The van der Waals surface area contributed by atoms with Gasteiger partial charge in [0.05, 0.1) is 0 Å². The van der Waals surface area contributed by atoms with Gasteiger partial charge in [-0.2, -0.15) is 5.90 Å². The van der Waals surface area contributed by atoms with E-state index in [0.717, 1.165) is 11.8 Å². The molecule has 86 valence electrons. The van der Waals surface area contributed by atoms with Crippen LogP contribution in [0.3, 0.4) is 0 Å². The first-order chi connectivity index (χ1) is 7.24. The number of hydrogen-bond acceptors (Lipinski definition) is 2. The zero-order chi connectivity index (χ0) is 11.7. The van der Waals surface area contributed by atoms with Crippen LogP contribution in [0.15, 0.2) is 30.3 Å². The predicted octanol–water partition coefficient (Wildman–Crippen LogP) is 3.63. The highest BCUT2D eigenvalue weighted by molar-refractivity contribution is 5.20. The highest BCUT2D eigenvalue weighted by Crippen LogP contribution is 2.36. The first kappa shape index (κ1) is 14.0. The van der Waals surface area contributed by atoms with E-state index in [2.05, 4.69) is 18.7 Å². The molecular weight excluding hydrogens is 186 g/mol. The summed E-state index contributed by atoms with van der Waals surface area (Å²) in [5.41, 5.74) is 0. The summed E-state index contributed by atoms with van der Waals surface area (Å²) in [5, 5.41) is 0. The van der Waals surface area contributed by atoms with Gasteiger partial charge in [-0.15, -0.1) is 0 Å². The molecule has 2 atom stereocenters. The molecule has 2 nitrogen and oxygen atoms in total. The summed E-state index contributed by atoms with van der Waals surface area (Å²) in [5.74, 6) is 7.64. The summed E-state index contributed by atoms with van der Waals surface area (Å²) >= 11 is 0. The molecule has 1 aromatic carbocycles. The molecule has 2 unspecified atom stereocenters. The summed E-state index contributed by atoms with van der Waals surface area (Å²) < 4.78 is 0. The lowest BCUT2D eigenvalue weighted by molar-refractivity contribution is 0.334. The van der Waals surface area contributed by atoms with Gasteiger partial charge in [0.25, 0.3) is 0 Å². The first-order valence-corrected chi connectivity index (χ1v) is 5.66. The maximum Gasteiger partial charge on any atom is 0.146 e. The van der Waals surface area contributed by atoms with Crippen molar-refractivity contribution in [2.45, 2.75) is 34.1 Å². The Bertz CT molecular complexity index is 230. The van der Waals surface area contributed by atoms with Gasteiger partial charge < -0.3 is 4.84 Å². The number of rotatable bonds is 1. The summed E-state index contributed by atoms with van der Waals surface area (Å²) in [7, 11) is 0. The van der Waals surface area contributed by atoms with Gasteiger partial charge in [-0.25, -0.2) is 0 Å². The highest BCUT2D eigenvalue weighted by Gasteiger charge is 2.26. The van der Waals surface area contributed by atoms with Gasteiger partial charge in [-0.05, 0) is 30.4 Å². The average Bonchev–Trinajstić information content (AvgIpc) is 2.97. The van der Waals surface area contributed by atoms with Gasteiger partial charge in [0.15, 0.2) is 0 Å². The molecule has 2 heteroatoms. The standard InChI is InChI=1S/C6H7NO.C5H10.C2H6/c7-8-6-4-2-1-3-5-6;1-4-3-5(4)2;1-2/h1-5H,7H2;4-5H,3H2,1-2H3;1-2H3. The van der Waals surface area contributed by atoms with Crippen molar-refractivity contribution >= 4 is 0 Å². The maximum atomic E-state index is 4.85. The van der Waals surface area contributed by atoms with Crippen molar-refractivity contribution < 1.29 is 4.84 Å². The third-order valence-electron chi connectivity index (χ3n) is 2.39. The molecule has 1 aliphatic carbocycles. The van der Waals surface area contributed by atoms with Crippen LogP contribution in [-0.2, 0) is 0 Å². The minimum Gasteiger partial charge on any atom is -0.412 e. The van der Waals surface area contributed by atoms with Gasteiger partial charge in [0.1, 0.15) is 5.75 Å². The molecule has 0 radical (unpaired) electrons. The second-order valence-electron chi connectivity index (χ2n) is 3.62. The smallest absolute Gasteiger partial charge is 0.146 e. The molecule has 0 heterocycles. The van der Waals surface area contributed by atoms with E-state index in [1.165, 1.54) is 6.42 Å². The van der Waals surface area contributed by atoms with Gasteiger partial charge in [0, 0.05) is 0 Å². The molecule has 0 spiro atoms. The van der Waals surface area contributed by atoms with Crippen molar-refractivity contribution in [3.8, 4) is 5.75 Å². The van der Waals surface area contributed by atoms with Gasteiger partial charge >= 0.3 is 0 Å². The van der Waals surface area contributed by atoms with Crippen LogP contribution in [0.2, 0.25) is 0 Å². The van der Waals surface area contributed by atoms with Crippen molar-refractivity contribution in [3.05, 3.63) is 30.3 Å². The molecule has 1 fully saturated rings. The average molecular weight is 209 g/mol. The zero-order valence-electron chi connectivity index (χ0n) is 10.2. The van der Waals surface area contributed by atoms with Crippen molar-refractivity contribution in [2.75, 3.05) is 0 Å². The summed E-state index contributed by atoms with van der Waals surface area (Å²) in [6.45, 7) is 8.59. The van der Waals surface area contributed by atoms with Crippen LogP contribution in [0.5, 0.6) is 5.75 Å². The SMILES string of the molecule is CC.CC1CC1C.NOc1ccccc1. The Balaban J connectivity index is 0.000000241. The van der Waals surface area contributed by atoms with Gasteiger partial charge in [0.2, 0.25) is 0 Å². The highest BCUT2D eigenvalue weighted by atomic mass is 16.6. The summed E-state index contributed by atoms with van der Waals surface area (Å²) in [6.07, 6.45) is 1.47. The van der Waals surface area contributed by atoms with Crippen molar-refractivity contribution in [1.29, 1.82) is 0 Å². The predicted molar refractivity (Wildman–Crippen MR) is 65.6 cm³/mol. The second-order valence-corrected chi connectivity index (χ2v) is 3.62. The largest absolute Gasteiger partial charge is 0.412 e. The van der Waals surface area contributed by atoms with Crippen LogP contribution in [0.25, 0.3) is 0 Å². The molecule has 0 saturated heterocycles. The number of benzene rings is 1. The third kappa shape index (κ3) is 6.97. The van der Waals surface area contributed by atoms with E-state index in [9.17, 15) is 0 Å². The van der Waals surface area contributed by atoms with Crippen molar-refractivity contribution in [2.24, 2.45) is 17.7 Å². The Kier molecular flexibility index (Phi) is 7.74. The van der Waals surface area contributed by atoms with Crippen molar-refractivity contribution in [3.63, 3.8) is 0 Å².